The van der Waals surface area contributed by atoms with Gasteiger partial charge in [0, 0.05) is 44.0 Å². The number of hydrogen-bond donors (Lipinski definition) is 1. The molecule has 1 aromatic carbocycles. The molecule has 0 radical (unpaired) electrons. The van der Waals surface area contributed by atoms with Crippen molar-refractivity contribution in [1.82, 2.24) is 9.80 Å². The lowest BCUT2D eigenvalue weighted by Gasteiger charge is -2.34. The molecular weight excluding hydrogens is 454 g/mol. The molecule has 2 fully saturated rings. The number of anilines is 1. The van der Waals surface area contributed by atoms with Crippen molar-refractivity contribution in [3.8, 4) is 0 Å². The summed E-state index contributed by atoms with van der Waals surface area (Å²) in [6, 6.07) is 8.43. The number of carbonyl (C=O) groups is 3. The van der Waals surface area contributed by atoms with Crippen LogP contribution in [-0.4, -0.2) is 92.1 Å². The molecule has 11 nitrogen and oxygen atoms in total. The Morgan fingerprint density at radius 2 is 1.80 bits per heavy atom. The molecule has 2 saturated heterocycles. The van der Waals surface area contributed by atoms with E-state index in [1.165, 1.54) is 18.6 Å². The van der Waals surface area contributed by atoms with Gasteiger partial charge in [-0.3, -0.25) is 24.3 Å². The number of nitrogens with two attached hydrogens (primary N) is 1. The van der Waals surface area contributed by atoms with E-state index in [0.717, 1.165) is 26.2 Å². The third kappa shape index (κ3) is 6.25. The van der Waals surface area contributed by atoms with Crippen molar-refractivity contribution in [2.24, 2.45) is 10.7 Å². The first kappa shape index (κ1) is 24.4. The number of rotatable bonds is 8. The fraction of sp³-hybridized carbons (Fsp3) is 0.417. The number of amides is 2. The average molecular weight is 484 g/mol. The van der Waals surface area contributed by atoms with Gasteiger partial charge in [-0.2, -0.15) is 4.99 Å². The van der Waals surface area contributed by atoms with Crippen LogP contribution in [0.5, 0.6) is 0 Å². The van der Waals surface area contributed by atoms with Crippen LogP contribution in [0, 0.1) is 0 Å². The molecule has 2 aromatic rings. The number of esters is 1. The van der Waals surface area contributed by atoms with Gasteiger partial charge in [-0.05, 0) is 37.3 Å². The van der Waals surface area contributed by atoms with Crippen molar-refractivity contribution in [3.05, 3.63) is 54.0 Å². The fourth-order valence-corrected chi connectivity index (χ4v) is 4.07. The van der Waals surface area contributed by atoms with E-state index in [0.29, 0.717) is 43.1 Å². The summed E-state index contributed by atoms with van der Waals surface area (Å²) in [7, 11) is 0. The summed E-state index contributed by atoms with van der Waals surface area (Å²) in [5.41, 5.74) is 7.53. The van der Waals surface area contributed by atoms with E-state index in [2.05, 4.69) is 14.8 Å². The number of nitrogens with zero attached hydrogens (tertiary/aromatic N) is 4. The standard InChI is InChI=1S/C24H29N5O6/c1-2-34-21(30)15-28-10-8-27(9-11-28)13-20-14-29(24(32)35-20)19-5-3-17(4-6-19)22(25)26-23(31)18-7-12-33-16-18/h3-7,12,16,20H,2,8-11,13-15H2,1H3,(H2,25,26,31). The summed E-state index contributed by atoms with van der Waals surface area (Å²) in [4.78, 5) is 46.0. The maximum absolute atomic E-state index is 12.5. The summed E-state index contributed by atoms with van der Waals surface area (Å²) < 4.78 is 15.5. The maximum Gasteiger partial charge on any atom is 0.414 e. The van der Waals surface area contributed by atoms with Crippen LogP contribution in [-0.2, 0) is 14.3 Å². The summed E-state index contributed by atoms with van der Waals surface area (Å²) in [5.74, 6) is -0.621. The summed E-state index contributed by atoms with van der Waals surface area (Å²) >= 11 is 0. The van der Waals surface area contributed by atoms with Gasteiger partial charge in [0.25, 0.3) is 5.91 Å². The molecule has 0 spiro atoms. The van der Waals surface area contributed by atoms with Crippen molar-refractivity contribution < 1.29 is 28.3 Å². The van der Waals surface area contributed by atoms with E-state index in [1.54, 1.807) is 36.1 Å². The Kier molecular flexibility index (Phi) is 7.78. The minimum Gasteiger partial charge on any atom is -0.472 e. The molecule has 0 aliphatic carbocycles. The first-order valence-corrected chi connectivity index (χ1v) is 11.5. The zero-order valence-electron chi connectivity index (χ0n) is 19.6. The highest BCUT2D eigenvalue weighted by Gasteiger charge is 2.34. The maximum atomic E-state index is 12.5. The number of hydrogen-bond acceptors (Lipinski definition) is 8. The molecule has 0 saturated carbocycles. The van der Waals surface area contributed by atoms with Crippen LogP contribution < -0.4 is 10.6 Å². The number of ether oxygens (including phenoxy) is 2. The fourth-order valence-electron chi connectivity index (χ4n) is 4.07. The van der Waals surface area contributed by atoms with Crippen LogP contribution >= 0.6 is 0 Å². The third-order valence-corrected chi connectivity index (χ3v) is 5.92. The Morgan fingerprint density at radius 3 is 2.46 bits per heavy atom. The largest absolute Gasteiger partial charge is 0.472 e. The van der Waals surface area contributed by atoms with Gasteiger partial charge in [0.05, 0.1) is 31.5 Å². The highest BCUT2D eigenvalue weighted by Crippen LogP contribution is 2.23. The van der Waals surface area contributed by atoms with E-state index in [9.17, 15) is 14.4 Å². The van der Waals surface area contributed by atoms with Gasteiger partial charge in [-0.15, -0.1) is 0 Å². The second-order valence-corrected chi connectivity index (χ2v) is 8.36. The van der Waals surface area contributed by atoms with Crippen molar-refractivity contribution in [2.75, 3.05) is 57.3 Å². The van der Waals surface area contributed by atoms with E-state index >= 15 is 0 Å². The Labute approximate surface area is 203 Å². The lowest BCUT2D eigenvalue weighted by molar-refractivity contribution is -0.144. The van der Waals surface area contributed by atoms with Crippen molar-refractivity contribution >= 4 is 29.5 Å². The number of aliphatic imine (C=N–C) groups is 1. The Morgan fingerprint density at radius 1 is 1.09 bits per heavy atom. The molecule has 35 heavy (non-hydrogen) atoms. The number of carbonyl (C=O) groups excluding carboxylic acids is 3. The SMILES string of the molecule is CCOC(=O)CN1CCN(CC2CN(c3ccc(C(N)=NC(=O)c4ccoc4)cc3)C(=O)O2)CC1. The number of furan rings is 1. The lowest BCUT2D eigenvalue weighted by atomic mass is 10.1. The predicted octanol–water partition coefficient (Wildman–Crippen LogP) is 1.33. The van der Waals surface area contributed by atoms with Gasteiger partial charge < -0.3 is 19.6 Å². The monoisotopic (exact) mass is 483 g/mol. The van der Waals surface area contributed by atoms with Gasteiger partial charge in [0.15, 0.2) is 0 Å². The average Bonchev–Trinajstić information content (AvgIpc) is 3.51. The van der Waals surface area contributed by atoms with Gasteiger partial charge in [0.2, 0.25) is 0 Å². The first-order chi connectivity index (χ1) is 16.9. The number of cyclic esters (lactones) is 1. The quantitative estimate of drug-likeness (QED) is 0.336. The number of piperazine rings is 1. The summed E-state index contributed by atoms with van der Waals surface area (Å²) in [6.07, 6.45) is 2.04. The third-order valence-electron chi connectivity index (χ3n) is 5.92. The van der Waals surface area contributed by atoms with Gasteiger partial charge in [-0.1, -0.05) is 0 Å². The second-order valence-electron chi connectivity index (χ2n) is 8.36. The van der Waals surface area contributed by atoms with Crippen molar-refractivity contribution in [3.63, 3.8) is 0 Å². The molecular formula is C24H29N5O6. The molecule has 1 unspecified atom stereocenters. The summed E-state index contributed by atoms with van der Waals surface area (Å²) in [6.45, 7) is 6.65. The van der Waals surface area contributed by atoms with E-state index in [-0.39, 0.29) is 17.9 Å². The minimum absolute atomic E-state index is 0.0757. The number of amidine groups is 1. The second kappa shape index (κ2) is 11.2. The van der Waals surface area contributed by atoms with Gasteiger partial charge in [0.1, 0.15) is 18.2 Å². The van der Waals surface area contributed by atoms with Crippen LogP contribution in [0.4, 0.5) is 10.5 Å². The highest BCUT2D eigenvalue weighted by atomic mass is 16.6. The van der Waals surface area contributed by atoms with Crippen LogP contribution in [0.15, 0.2) is 52.3 Å². The van der Waals surface area contributed by atoms with Crippen LogP contribution in [0.1, 0.15) is 22.8 Å². The highest BCUT2D eigenvalue weighted by molar-refractivity contribution is 6.08. The molecule has 2 aliphatic heterocycles. The molecule has 2 N–H and O–H groups in total. The van der Waals surface area contributed by atoms with Crippen LogP contribution in [0.3, 0.4) is 0 Å². The molecule has 4 rings (SSSR count). The topological polar surface area (TPSA) is 131 Å². The smallest absolute Gasteiger partial charge is 0.414 e. The lowest BCUT2D eigenvalue weighted by Crippen LogP contribution is -2.50. The van der Waals surface area contributed by atoms with E-state index in [1.807, 2.05) is 0 Å². The number of benzene rings is 1. The minimum atomic E-state index is -0.493. The Hall–Kier alpha value is -3.70. The molecule has 0 bridgehead atoms. The molecule has 2 aliphatic rings. The van der Waals surface area contributed by atoms with Crippen LogP contribution in [0.25, 0.3) is 0 Å². The van der Waals surface area contributed by atoms with E-state index < -0.39 is 12.0 Å². The van der Waals surface area contributed by atoms with Crippen molar-refractivity contribution in [2.45, 2.75) is 13.0 Å². The molecule has 1 atom stereocenters. The van der Waals surface area contributed by atoms with Gasteiger partial charge >= 0.3 is 12.1 Å². The molecule has 186 valence electrons. The molecule has 1 aromatic heterocycles. The molecule has 3 heterocycles. The Bertz CT molecular complexity index is 1060. The van der Waals surface area contributed by atoms with Crippen LogP contribution in [0.2, 0.25) is 0 Å². The van der Waals surface area contributed by atoms with E-state index in [4.69, 9.17) is 19.6 Å². The zero-order chi connectivity index (χ0) is 24.8. The summed E-state index contributed by atoms with van der Waals surface area (Å²) in [5, 5.41) is 0. The Balaban J connectivity index is 1.28. The first-order valence-electron chi connectivity index (χ1n) is 11.5. The molecule has 2 amide bonds. The van der Waals surface area contributed by atoms with Crippen molar-refractivity contribution in [1.29, 1.82) is 0 Å². The predicted molar refractivity (Wildman–Crippen MR) is 127 cm³/mol. The zero-order valence-corrected chi connectivity index (χ0v) is 19.6. The normalized spacial score (nSPS) is 19.6. The van der Waals surface area contributed by atoms with Gasteiger partial charge in [-0.25, -0.2) is 4.79 Å². The molecule has 11 heteroatoms.